The summed E-state index contributed by atoms with van der Waals surface area (Å²) in [5.74, 6) is 0.837. The van der Waals surface area contributed by atoms with Crippen molar-refractivity contribution in [3.05, 3.63) is 187 Å². The number of pyridine rings is 2. The van der Waals surface area contributed by atoms with Crippen molar-refractivity contribution in [2.45, 2.75) is 6.04 Å². The Labute approximate surface area is 268 Å². The fourth-order valence-corrected chi connectivity index (χ4v) is 6.08. The quantitative estimate of drug-likeness (QED) is 0.210. The second kappa shape index (κ2) is 12.1. The van der Waals surface area contributed by atoms with Crippen LogP contribution in [0.3, 0.4) is 0 Å². The zero-order chi connectivity index (χ0) is 30.7. The molecule has 0 radical (unpaired) electrons. The van der Waals surface area contributed by atoms with Crippen molar-refractivity contribution < 1.29 is 0 Å². The molecule has 218 valence electrons. The van der Waals surface area contributed by atoms with Gasteiger partial charge in [-0.05, 0) is 75.8 Å². The van der Waals surface area contributed by atoms with Gasteiger partial charge >= 0.3 is 0 Å². The number of benzene rings is 5. The lowest BCUT2D eigenvalue weighted by molar-refractivity contribution is 0.749. The van der Waals surface area contributed by atoms with Crippen LogP contribution in [0.4, 0.5) is 5.69 Å². The van der Waals surface area contributed by atoms with Gasteiger partial charge < -0.3 is 5.32 Å². The van der Waals surface area contributed by atoms with Gasteiger partial charge in [0.25, 0.3) is 0 Å². The summed E-state index contributed by atoms with van der Waals surface area (Å²) in [6, 6.07) is 54.9. The average molecular weight is 591 g/mol. The van der Waals surface area contributed by atoms with Crippen LogP contribution in [0.1, 0.15) is 22.7 Å². The first-order chi connectivity index (χ1) is 22.8. The van der Waals surface area contributed by atoms with Gasteiger partial charge in [0.1, 0.15) is 5.84 Å². The highest BCUT2D eigenvalue weighted by molar-refractivity contribution is 6.04. The Bertz CT molecular complexity index is 2140. The lowest BCUT2D eigenvalue weighted by Crippen LogP contribution is -2.32. The largest absolute Gasteiger partial charge is 0.359 e. The van der Waals surface area contributed by atoms with Crippen LogP contribution < -0.4 is 5.32 Å². The molecule has 2 aromatic heterocycles. The van der Waals surface area contributed by atoms with Crippen LogP contribution in [0.15, 0.2) is 175 Å². The Kier molecular flexibility index (Phi) is 7.21. The lowest BCUT2D eigenvalue weighted by Gasteiger charge is -2.28. The Morgan fingerprint density at radius 1 is 0.435 bits per heavy atom. The molecule has 0 aliphatic carbocycles. The van der Waals surface area contributed by atoms with E-state index in [0.717, 1.165) is 61.9 Å². The molecule has 1 atom stereocenters. The summed E-state index contributed by atoms with van der Waals surface area (Å²) in [6.07, 6.45) is 3.73. The van der Waals surface area contributed by atoms with Gasteiger partial charge in [-0.3, -0.25) is 9.97 Å². The van der Waals surface area contributed by atoms with Crippen molar-refractivity contribution in [1.29, 1.82) is 0 Å². The number of aromatic nitrogens is 2. The van der Waals surface area contributed by atoms with Crippen LogP contribution in [-0.2, 0) is 0 Å². The van der Waals surface area contributed by atoms with Gasteiger partial charge in [-0.15, -0.1) is 0 Å². The van der Waals surface area contributed by atoms with Crippen molar-refractivity contribution in [1.82, 2.24) is 15.3 Å². The predicted molar refractivity (Wildman–Crippen MR) is 188 cm³/mol. The van der Waals surface area contributed by atoms with E-state index in [1.807, 2.05) is 42.6 Å². The zero-order valence-corrected chi connectivity index (χ0v) is 25.1. The maximum absolute atomic E-state index is 5.28. The molecular weight excluding hydrogens is 560 g/mol. The normalized spacial score (nSPS) is 13.7. The maximum Gasteiger partial charge on any atom is 0.134 e. The summed E-state index contributed by atoms with van der Waals surface area (Å²) in [5, 5.41) is 3.82. The van der Waals surface area contributed by atoms with Crippen molar-refractivity contribution in [2.75, 3.05) is 0 Å². The van der Waals surface area contributed by atoms with E-state index in [0.29, 0.717) is 0 Å². The number of rotatable bonds is 6. The fourth-order valence-electron chi connectivity index (χ4n) is 6.08. The first-order valence-corrected chi connectivity index (χ1v) is 15.5. The summed E-state index contributed by atoms with van der Waals surface area (Å²) < 4.78 is 0. The summed E-state index contributed by atoms with van der Waals surface area (Å²) >= 11 is 0. The van der Waals surface area contributed by atoms with E-state index in [2.05, 4.69) is 132 Å². The van der Waals surface area contributed by atoms with Gasteiger partial charge in [0.05, 0.1) is 23.1 Å². The summed E-state index contributed by atoms with van der Waals surface area (Å²) in [5.41, 5.74) is 12.7. The molecule has 8 rings (SSSR count). The van der Waals surface area contributed by atoms with E-state index in [1.54, 1.807) is 6.20 Å². The van der Waals surface area contributed by atoms with Crippen molar-refractivity contribution >= 4 is 11.5 Å². The minimum Gasteiger partial charge on any atom is -0.359 e. The number of fused-ring (bicyclic) bond motifs is 1. The molecule has 0 fully saturated rings. The van der Waals surface area contributed by atoms with Crippen molar-refractivity contribution in [3.63, 3.8) is 0 Å². The highest BCUT2D eigenvalue weighted by Crippen LogP contribution is 2.38. The molecule has 1 unspecified atom stereocenters. The van der Waals surface area contributed by atoms with E-state index in [1.165, 1.54) is 11.1 Å². The average Bonchev–Trinajstić information content (AvgIpc) is 3.15. The standard InChI is InChI=1S/C42H30N4/c1-4-12-29(13-5-1)32-19-21-37-40(27-32)45-42(46-41(37)31-16-8-3-9-17-31)36-25-34(30-14-6-2-7-15-30)24-35(26-36)33-20-22-39(44-28-33)38-18-10-11-23-43-38/h1-28,41H,(H,45,46). The zero-order valence-electron chi connectivity index (χ0n) is 25.1. The van der Waals surface area contributed by atoms with E-state index in [4.69, 9.17) is 9.98 Å². The number of aliphatic imine (C=N–C) groups is 1. The second-order valence-electron chi connectivity index (χ2n) is 11.4. The molecule has 1 aliphatic heterocycles. The molecular formula is C42H30N4. The molecule has 4 nitrogen and oxygen atoms in total. The number of hydrogen-bond donors (Lipinski definition) is 1. The SMILES string of the molecule is c1ccc(-c2cc(C3=Nc4cc(-c5ccccc5)ccc4C(c4ccccc4)N3)cc(-c3ccc(-c4ccccn4)nc3)c2)cc1. The van der Waals surface area contributed by atoms with Gasteiger partial charge in [0.15, 0.2) is 0 Å². The summed E-state index contributed by atoms with van der Waals surface area (Å²) in [7, 11) is 0. The third kappa shape index (κ3) is 5.49. The first-order valence-electron chi connectivity index (χ1n) is 15.5. The summed E-state index contributed by atoms with van der Waals surface area (Å²) in [6.45, 7) is 0. The molecule has 0 spiro atoms. The van der Waals surface area contributed by atoms with E-state index in [9.17, 15) is 0 Å². The van der Waals surface area contributed by atoms with Crippen LogP contribution in [0.25, 0.3) is 44.8 Å². The topological polar surface area (TPSA) is 50.2 Å². The Morgan fingerprint density at radius 2 is 1.04 bits per heavy atom. The predicted octanol–water partition coefficient (Wildman–Crippen LogP) is 9.92. The Balaban J connectivity index is 1.27. The Hall–Kier alpha value is -6.13. The van der Waals surface area contributed by atoms with Gasteiger partial charge in [-0.1, -0.05) is 115 Å². The molecule has 0 bridgehead atoms. The molecule has 0 amide bonds. The minimum atomic E-state index is -0.0447. The molecule has 3 heterocycles. The van der Waals surface area contributed by atoms with Crippen LogP contribution >= 0.6 is 0 Å². The van der Waals surface area contributed by atoms with Crippen LogP contribution in [0, 0.1) is 0 Å². The van der Waals surface area contributed by atoms with Gasteiger partial charge in [0.2, 0.25) is 0 Å². The smallest absolute Gasteiger partial charge is 0.134 e. The van der Waals surface area contributed by atoms with Crippen LogP contribution in [0.5, 0.6) is 0 Å². The van der Waals surface area contributed by atoms with Crippen LogP contribution in [0.2, 0.25) is 0 Å². The third-order valence-corrected chi connectivity index (χ3v) is 8.43. The molecule has 1 aliphatic rings. The highest BCUT2D eigenvalue weighted by atomic mass is 15.1. The molecule has 0 saturated heterocycles. The van der Waals surface area contributed by atoms with E-state index in [-0.39, 0.29) is 6.04 Å². The molecule has 4 heteroatoms. The van der Waals surface area contributed by atoms with Crippen molar-refractivity contribution in [3.8, 4) is 44.8 Å². The van der Waals surface area contributed by atoms with Crippen molar-refractivity contribution in [2.24, 2.45) is 4.99 Å². The van der Waals surface area contributed by atoms with Gasteiger partial charge in [0, 0.05) is 29.1 Å². The summed E-state index contributed by atoms with van der Waals surface area (Å²) in [4.78, 5) is 14.5. The molecule has 5 aromatic carbocycles. The number of hydrogen-bond acceptors (Lipinski definition) is 4. The molecule has 0 saturated carbocycles. The third-order valence-electron chi connectivity index (χ3n) is 8.43. The Morgan fingerprint density at radius 3 is 1.72 bits per heavy atom. The van der Waals surface area contributed by atoms with Gasteiger partial charge in [-0.25, -0.2) is 4.99 Å². The van der Waals surface area contributed by atoms with Gasteiger partial charge in [-0.2, -0.15) is 0 Å². The number of amidine groups is 1. The number of nitrogens with zero attached hydrogens (tertiary/aromatic N) is 3. The van der Waals surface area contributed by atoms with Crippen LogP contribution in [-0.4, -0.2) is 15.8 Å². The maximum atomic E-state index is 5.28. The fraction of sp³-hybridized carbons (Fsp3) is 0.0238. The van der Waals surface area contributed by atoms with E-state index >= 15 is 0 Å². The monoisotopic (exact) mass is 590 g/mol. The lowest BCUT2D eigenvalue weighted by atomic mass is 9.91. The highest BCUT2D eigenvalue weighted by Gasteiger charge is 2.25. The second-order valence-corrected chi connectivity index (χ2v) is 11.4. The minimum absolute atomic E-state index is 0.0447. The van der Waals surface area contributed by atoms with E-state index < -0.39 is 0 Å². The molecule has 46 heavy (non-hydrogen) atoms. The first kappa shape index (κ1) is 27.4. The number of nitrogens with one attached hydrogen (secondary N) is 1. The molecule has 1 N–H and O–H groups in total. The molecule has 7 aromatic rings.